The predicted molar refractivity (Wildman–Crippen MR) is 109 cm³/mol. The molecule has 0 radical (unpaired) electrons. The van der Waals surface area contributed by atoms with Crippen LogP contribution in [0.25, 0.3) is 0 Å². The van der Waals surface area contributed by atoms with Crippen molar-refractivity contribution in [1.82, 2.24) is 5.32 Å². The first-order valence-electron chi connectivity index (χ1n) is 9.35. The number of carbonyl (C=O) groups excluding carboxylic acids is 2. The molecule has 148 valence electrons. The van der Waals surface area contributed by atoms with Crippen LogP contribution in [0.1, 0.15) is 58.6 Å². The molecule has 27 heavy (non-hydrogen) atoms. The number of rotatable bonds is 10. The molecule has 0 aliphatic rings. The van der Waals surface area contributed by atoms with Gasteiger partial charge in [-0.05, 0) is 52.2 Å². The van der Waals surface area contributed by atoms with Gasteiger partial charge in [-0.1, -0.05) is 47.6 Å². The fourth-order valence-electron chi connectivity index (χ4n) is 2.43. The molecular weight excluding hydrogens is 340 g/mol. The number of hydrogen-bond donors (Lipinski definition) is 2. The average Bonchev–Trinajstić information content (AvgIpc) is 2.61. The number of amides is 1. The van der Waals surface area contributed by atoms with E-state index >= 15 is 0 Å². The highest BCUT2D eigenvalue weighted by Crippen LogP contribution is 2.17. The molecular formula is C22H32N2O3. The van der Waals surface area contributed by atoms with Crippen molar-refractivity contribution in [3.8, 4) is 0 Å². The minimum Gasteiger partial charge on any atom is -0.461 e. The quantitative estimate of drug-likeness (QED) is 0.483. The second-order valence-electron chi connectivity index (χ2n) is 7.02. The first-order valence-corrected chi connectivity index (χ1v) is 9.35. The van der Waals surface area contributed by atoms with Gasteiger partial charge in [-0.15, -0.1) is 0 Å². The van der Waals surface area contributed by atoms with E-state index in [1.807, 2.05) is 43.3 Å². The molecule has 0 unspecified atom stereocenters. The molecule has 1 amide bonds. The fourth-order valence-corrected chi connectivity index (χ4v) is 2.43. The van der Waals surface area contributed by atoms with Gasteiger partial charge in [0.25, 0.3) is 0 Å². The largest absolute Gasteiger partial charge is 0.461 e. The van der Waals surface area contributed by atoms with Crippen molar-refractivity contribution in [3.05, 3.63) is 59.2 Å². The van der Waals surface area contributed by atoms with Crippen LogP contribution in [-0.4, -0.2) is 24.5 Å². The molecule has 0 bridgehead atoms. The van der Waals surface area contributed by atoms with E-state index in [0.29, 0.717) is 0 Å². The van der Waals surface area contributed by atoms with Gasteiger partial charge in [-0.25, -0.2) is 0 Å². The average molecular weight is 373 g/mol. The maximum absolute atomic E-state index is 12.2. The van der Waals surface area contributed by atoms with E-state index in [-0.39, 0.29) is 24.9 Å². The smallest absolute Gasteiger partial charge is 0.308 e. The second-order valence-corrected chi connectivity index (χ2v) is 7.02. The molecule has 5 nitrogen and oxygen atoms in total. The molecule has 0 fully saturated rings. The summed E-state index contributed by atoms with van der Waals surface area (Å²) in [6.07, 6.45) is 6.11. The van der Waals surface area contributed by atoms with Crippen LogP contribution < -0.4 is 11.1 Å². The van der Waals surface area contributed by atoms with E-state index in [2.05, 4.69) is 25.2 Å². The second kappa shape index (κ2) is 12.1. The fraction of sp³-hybridized carbons (Fsp3) is 0.455. The first kappa shape index (κ1) is 22.6. The lowest BCUT2D eigenvalue weighted by Gasteiger charge is -2.19. The normalized spacial score (nSPS) is 13.4. The number of nitrogens with two attached hydrogens (primary N) is 1. The Balaban J connectivity index is 2.58. The van der Waals surface area contributed by atoms with E-state index in [9.17, 15) is 9.59 Å². The zero-order chi connectivity index (χ0) is 20.2. The number of esters is 1. The monoisotopic (exact) mass is 372 g/mol. The van der Waals surface area contributed by atoms with Crippen molar-refractivity contribution in [2.24, 2.45) is 5.73 Å². The Hall–Kier alpha value is -2.40. The summed E-state index contributed by atoms with van der Waals surface area (Å²) in [6.45, 7) is 8.03. The summed E-state index contributed by atoms with van der Waals surface area (Å²) in [6, 6.07) is 8.25. The maximum Gasteiger partial charge on any atom is 0.308 e. The van der Waals surface area contributed by atoms with Crippen molar-refractivity contribution in [2.45, 2.75) is 59.0 Å². The first-order chi connectivity index (χ1) is 12.8. The highest BCUT2D eigenvalue weighted by molar-refractivity contribution is 5.82. The molecule has 1 aromatic rings. The third-order valence-electron chi connectivity index (χ3n) is 4.07. The number of ether oxygens (including phenoxy) is 1. The highest BCUT2D eigenvalue weighted by Gasteiger charge is 2.20. The lowest BCUT2D eigenvalue weighted by molar-refractivity contribution is -0.143. The molecule has 0 spiro atoms. The molecule has 0 heterocycles. The molecule has 2 atom stereocenters. The van der Waals surface area contributed by atoms with Gasteiger partial charge in [0.15, 0.2) is 0 Å². The maximum atomic E-state index is 12.2. The van der Waals surface area contributed by atoms with Gasteiger partial charge in [-0.2, -0.15) is 0 Å². The summed E-state index contributed by atoms with van der Waals surface area (Å²) in [5.74, 6) is -0.658. The summed E-state index contributed by atoms with van der Waals surface area (Å²) in [4.78, 5) is 24.2. The standard InChI is InChI=1S/C22H32N2O3/c1-16(2)9-8-10-17(3)13-14-27-21(25)15-20(24-22(26)18(4)23)19-11-6-5-7-12-19/h5-7,9,11-13,18,20H,8,10,14-15,23H2,1-4H3,(H,24,26)/b17-13+/t18-,20-/m1/s1. The van der Waals surface area contributed by atoms with Crippen LogP contribution in [0.5, 0.6) is 0 Å². The molecule has 0 aliphatic heterocycles. The van der Waals surface area contributed by atoms with Crippen molar-refractivity contribution in [3.63, 3.8) is 0 Å². The van der Waals surface area contributed by atoms with E-state index < -0.39 is 12.1 Å². The van der Waals surface area contributed by atoms with Crippen LogP contribution in [0.3, 0.4) is 0 Å². The van der Waals surface area contributed by atoms with E-state index in [1.54, 1.807) is 6.92 Å². The van der Waals surface area contributed by atoms with Gasteiger partial charge in [0.2, 0.25) is 5.91 Å². The molecule has 5 heteroatoms. The van der Waals surface area contributed by atoms with Crippen molar-refractivity contribution in [2.75, 3.05) is 6.61 Å². The molecule has 1 aromatic carbocycles. The number of hydrogen-bond acceptors (Lipinski definition) is 4. The molecule has 0 aliphatic carbocycles. The van der Waals surface area contributed by atoms with Gasteiger partial charge in [-0.3, -0.25) is 9.59 Å². The number of benzene rings is 1. The lowest BCUT2D eigenvalue weighted by Crippen LogP contribution is -2.41. The van der Waals surface area contributed by atoms with Crippen molar-refractivity contribution >= 4 is 11.9 Å². The van der Waals surface area contributed by atoms with E-state index in [1.165, 1.54) is 11.1 Å². The van der Waals surface area contributed by atoms with Crippen LogP contribution >= 0.6 is 0 Å². The lowest BCUT2D eigenvalue weighted by atomic mass is 10.0. The van der Waals surface area contributed by atoms with Gasteiger partial charge in [0.05, 0.1) is 18.5 Å². The summed E-state index contributed by atoms with van der Waals surface area (Å²) in [5, 5.41) is 2.81. The molecule has 0 saturated carbocycles. The van der Waals surface area contributed by atoms with Crippen LogP contribution in [0, 0.1) is 0 Å². The number of allylic oxidation sites excluding steroid dienone is 3. The van der Waals surface area contributed by atoms with Crippen LogP contribution in [0.2, 0.25) is 0 Å². The minimum atomic E-state index is -0.640. The zero-order valence-electron chi connectivity index (χ0n) is 16.8. The SMILES string of the molecule is CC(C)=CCC/C(C)=C/COC(=O)C[C@@H](NC(=O)[C@@H](C)N)c1ccccc1. The topological polar surface area (TPSA) is 81.4 Å². The molecule has 3 N–H and O–H groups in total. The van der Waals surface area contributed by atoms with E-state index in [0.717, 1.165) is 18.4 Å². The number of nitrogens with one attached hydrogen (secondary N) is 1. The Bertz CT molecular complexity index is 659. The third-order valence-corrected chi connectivity index (χ3v) is 4.07. The highest BCUT2D eigenvalue weighted by atomic mass is 16.5. The zero-order valence-corrected chi connectivity index (χ0v) is 16.8. The van der Waals surface area contributed by atoms with Gasteiger partial charge in [0.1, 0.15) is 6.61 Å². The summed E-state index contributed by atoms with van der Waals surface area (Å²) >= 11 is 0. The molecule has 0 saturated heterocycles. The Morgan fingerprint density at radius 2 is 1.81 bits per heavy atom. The Kier molecular flexibility index (Phi) is 10.1. The van der Waals surface area contributed by atoms with Gasteiger partial charge in [0, 0.05) is 0 Å². The Morgan fingerprint density at radius 3 is 2.41 bits per heavy atom. The summed E-state index contributed by atoms with van der Waals surface area (Å²) < 4.78 is 5.32. The molecule has 0 aromatic heterocycles. The minimum absolute atomic E-state index is 0.0626. The molecule has 1 rings (SSSR count). The van der Waals surface area contributed by atoms with E-state index in [4.69, 9.17) is 10.5 Å². The summed E-state index contributed by atoms with van der Waals surface area (Å²) in [5.41, 5.74) is 8.96. The Morgan fingerprint density at radius 1 is 1.15 bits per heavy atom. The van der Waals surface area contributed by atoms with Crippen molar-refractivity contribution in [1.29, 1.82) is 0 Å². The van der Waals surface area contributed by atoms with Crippen LogP contribution in [-0.2, 0) is 14.3 Å². The van der Waals surface area contributed by atoms with Gasteiger partial charge >= 0.3 is 5.97 Å². The van der Waals surface area contributed by atoms with Crippen LogP contribution in [0.15, 0.2) is 53.6 Å². The third kappa shape index (κ3) is 9.75. The van der Waals surface area contributed by atoms with Crippen molar-refractivity contribution < 1.29 is 14.3 Å². The van der Waals surface area contributed by atoms with Gasteiger partial charge < -0.3 is 15.8 Å². The predicted octanol–water partition coefficient (Wildman–Crippen LogP) is 3.82. The Labute approximate surface area is 162 Å². The van der Waals surface area contributed by atoms with Crippen LogP contribution in [0.4, 0.5) is 0 Å². The number of carbonyl (C=O) groups is 2. The summed E-state index contributed by atoms with van der Waals surface area (Å²) in [7, 11) is 0.